The zero-order chi connectivity index (χ0) is 24.3. The molecule has 3 rings (SSSR count). The molecule has 0 bridgehead atoms. The van der Waals surface area contributed by atoms with Gasteiger partial charge in [-0.2, -0.15) is 0 Å². The smallest absolute Gasteiger partial charge is 0.339 e. The number of carboxylic acids is 4. The van der Waals surface area contributed by atoms with Gasteiger partial charge in [0.05, 0.1) is 16.7 Å². The topological polar surface area (TPSA) is 175 Å². The van der Waals surface area contributed by atoms with Crippen LogP contribution in [0.4, 0.5) is 0 Å². The number of ether oxygens (including phenoxy) is 1. The molecule has 0 heterocycles. The number of carbonyl (C=O) groups is 5. The number of carbonyl (C=O) groups excluding carboxylic acids is 1. The maximum atomic E-state index is 12.8. The van der Waals surface area contributed by atoms with Crippen molar-refractivity contribution in [1.29, 1.82) is 0 Å². The van der Waals surface area contributed by atoms with Crippen LogP contribution >= 0.6 is 0 Å². The maximum Gasteiger partial charge on any atom is 0.339 e. The second-order valence-corrected chi connectivity index (χ2v) is 6.65. The van der Waals surface area contributed by atoms with Gasteiger partial charge in [-0.1, -0.05) is 0 Å². The quantitative estimate of drug-likeness (QED) is 0.372. The minimum atomic E-state index is -1.47. The molecule has 3 aromatic rings. The molecule has 33 heavy (non-hydrogen) atoms. The van der Waals surface area contributed by atoms with E-state index in [9.17, 15) is 34.2 Å². The Hall–Kier alpha value is -4.99. The Morgan fingerprint density at radius 1 is 0.515 bits per heavy atom. The fourth-order valence-corrected chi connectivity index (χ4v) is 2.93. The number of carboxylic acid groups (broad SMARTS) is 4. The van der Waals surface area contributed by atoms with Gasteiger partial charge in [0.2, 0.25) is 0 Å². The molecule has 0 fully saturated rings. The minimum absolute atomic E-state index is 0.0765. The summed E-state index contributed by atoms with van der Waals surface area (Å²) < 4.78 is 5.51. The highest BCUT2D eigenvalue weighted by Gasteiger charge is 2.21. The van der Waals surface area contributed by atoms with Gasteiger partial charge >= 0.3 is 23.9 Å². The molecule has 166 valence electrons. The summed E-state index contributed by atoms with van der Waals surface area (Å²) in [5.74, 6) is -6.16. The highest BCUT2D eigenvalue weighted by molar-refractivity contribution is 6.14. The Morgan fingerprint density at radius 3 is 1.52 bits per heavy atom. The maximum absolute atomic E-state index is 12.8. The third kappa shape index (κ3) is 4.85. The molecule has 10 nitrogen and oxygen atoms in total. The van der Waals surface area contributed by atoms with E-state index < -0.39 is 35.2 Å². The molecule has 10 heteroatoms. The van der Waals surface area contributed by atoms with Crippen molar-refractivity contribution in [2.75, 3.05) is 0 Å². The molecule has 0 unspecified atom stereocenters. The largest absolute Gasteiger partial charge is 0.478 e. The molecule has 0 amide bonds. The zero-order valence-corrected chi connectivity index (χ0v) is 16.5. The summed E-state index contributed by atoms with van der Waals surface area (Å²) in [5.41, 5.74) is -1.49. The van der Waals surface area contributed by atoms with E-state index in [0.717, 1.165) is 24.3 Å². The van der Waals surface area contributed by atoms with Crippen molar-refractivity contribution in [2.24, 2.45) is 0 Å². The molecular formula is C23H14O10. The van der Waals surface area contributed by atoms with Crippen LogP contribution in [-0.4, -0.2) is 50.1 Å². The van der Waals surface area contributed by atoms with Crippen LogP contribution in [0.15, 0.2) is 60.7 Å². The lowest BCUT2D eigenvalue weighted by Gasteiger charge is -2.11. The first-order chi connectivity index (χ1) is 15.6. The standard InChI is InChI=1S/C23H14O10/c24-19(15-7-3-12(20(25)26)9-16(15)22(29)30)11-1-5-14(6-2-11)33-18-8-4-13(21(27)28)10-17(18)23(31)32/h1-10H,(H,25,26)(H,27,28)(H,29,30)(H,31,32). The molecule has 0 aliphatic rings. The van der Waals surface area contributed by atoms with Crippen LogP contribution in [0.5, 0.6) is 11.5 Å². The van der Waals surface area contributed by atoms with Crippen LogP contribution in [0.3, 0.4) is 0 Å². The van der Waals surface area contributed by atoms with Crippen molar-refractivity contribution in [3.63, 3.8) is 0 Å². The molecule has 0 aliphatic heterocycles. The predicted octanol–water partition coefficient (Wildman–Crippen LogP) is 3.50. The van der Waals surface area contributed by atoms with Crippen LogP contribution in [0.1, 0.15) is 57.4 Å². The van der Waals surface area contributed by atoms with Crippen molar-refractivity contribution in [3.8, 4) is 11.5 Å². The third-order valence-electron chi connectivity index (χ3n) is 4.54. The lowest BCUT2D eigenvalue weighted by molar-refractivity contribution is 0.0674. The van der Waals surface area contributed by atoms with Crippen LogP contribution in [0, 0.1) is 0 Å². The van der Waals surface area contributed by atoms with Gasteiger partial charge in [0.1, 0.15) is 17.1 Å². The van der Waals surface area contributed by atoms with Crippen molar-refractivity contribution >= 4 is 29.7 Å². The van der Waals surface area contributed by atoms with Crippen LogP contribution in [0.2, 0.25) is 0 Å². The number of hydrogen-bond donors (Lipinski definition) is 4. The van der Waals surface area contributed by atoms with Gasteiger partial charge in [0.25, 0.3) is 0 Å². The first-order valence-electron chi connectivity index (χ1n) is 9.12. The number of ketones is 1. The molecule has 0 saturated heterocycles. The second kappa shape index (κ2) is 9.02. The molecular weight excluding hydrogens is 436 g/mol. The van der Waals surface area contributed by atoms with E-state index in [1.807, 2.05) is 0 Å². The van der Waals surface area contributed by atoms with Gasteiger partial charge in [0, 0.05) is 11.1 Å². The Kier molecular flexibility index (Phi) is 6.20. The van der Waals surface area contributed by atoms with Crippen LogP contribution in [-0.2, 0) is 0 Å². The summed E-state index contributed by atoms with van der Waals surface area (Å²) in [6, 6.07) is 11.8. The summed E-state index contributed by atoms with van der Waals surface area (Å²) in [6.45, 7) is 0. The van der Waals surface area contributed by atoms with Crippen LogP contribution < -0.4 is 4.74 Å². The number of benzene rings is 3. The highest BCUT2D eigenvalue weighted by Crippen LogP contribution is 2.27. The SMILES string of the molecule is O=C(O)c1ccc(Oc2ccc(C(=O)c3ccc(C(=O)O)cc3C(=O)O)cc2)c(C(=O)O)c1. The van der Waals surface area contributed by atoms with Crippen molar-refractivity contribution in [2.45, 2.75) is 0 Å². The van der Waals surface area contributed by atoms with Crippen LogP contribution in [0.25, 0.3) is 0 Å². The molecule has 0 spiro atoms. The van der Waals surface area contributed by atoms with Gasteiger partial charge in [0.15, 0.2) is 5.78 Å². The number of rotatable bonds is 8. The first-order valence-corrected chi connectivity index (χ1v) is 9.12. The van der Waals surface area contributed by atoms with Crippen molar-refractivity contribution in [1.82, 2.24) is 0 Å². The molecule has 4 N–H and O–H groups in total. The molecule has 0 saturated carbocycles. The van der Waals surface area contributed by atoms with Crippen molar-refractivity contribution in [3.05, 3.63) is 94.0 Å². The minimum Gasteiger partial charge on any atom is -0.478 e. The van der Waals surface area contributed by atoms with Gasteiger partial charge in [-0.05, 0) is 60.7 Å². The Balaban J connectivity index is 1.89. The average molecular weight is 450 g/mol. The van der Waals surface area contributed by atoms with Crippen molar-refractivity contribution < 1.29 is 49.1 Å². The molecule has 0 atom stereocenters. The Bertz CT molecular complexity index is 1310. The van der Waals surface area contributed by atoms with E-state index in [1.165, 1.54) is 36.4 Å². The summed E-state index contributed by atoms with van der Waals surface area (Å²) in [4.78, 5) is 57.8. The molecule has 0 radical (unpaired) electrons. The van der Waals surface area contributed by atoms with E-state index in [0.29, 0.717) is 0 Å². The lowest BCUT2D eigenvalue weighted by Crippen LogP contribution is -2.11. The van der Waals surface area contributed by atoms with Gasteiger partial charge in [-0.15, -0.1) is 0 Å². The predicted molar refractivity (Wildman–Crippen MR) is 111 cm³/mol. The first kappa shape index (κ1) is 22.7. The number of hydrogen-bond acceptors (Lipinski definition) is 6. The van der Waals surface area contributed by atoms with Gasteiger partial charge < -0.3 is 25.2 Å². The molecule has 3 aromatic carbocycles. The fourth-order valence-electron chi connectivity index (χ4n) is 2.93. The van der Waals surface area contributed by atoms with E-state index >= 15 is 0 Å². The highest BCUT2D eigenvalue weighted by atomic mass is 16.5. The summed E-state index contributed by atoms with van der Waals surface area (Å²) in [6.07, 6.45) is 0. The monoisotopic (exact) mass is 450 g/mol. The average Bonchev–Trinajstić information content (AvgIpc) is 2.78. The molecule has 0 aliphatic carbocycles. The van der Waals surface area contributed by atoms with E-state index in [2.05, 4.69) is 0 Å². The summed E-state index contributed by atoms with van der Waals surface area (Å²) in [7, 11) is 0. The normalized spacial score (nSPS) is 10.3. The lowest BCUT2D eigenvalue weighted by atomic mass is 9.96. The second-order valence-electron chi connectivity index (χ2n) is 6.65. The van der Waals surface area contributed by atoms with E-state index in [4.69, 9.17) is 14.9 Å². The van der Waals surface area contributed by atoms with Gasteiger partial charge in [-0.3, -0.25) is 4.79 Å². The number of aromatic carboxylic acids is 4. The molecule has 0 aromatic heterocycles. The van der Waals surface area contributed by atoms with E-state index in [1.54, 1.807) is 0 Å². The zero-order valence-electron chi connectivity index (χ0n) is 16.5. The summed E-state index contributed by atoms with van der Waals surface area (Å²) in [5, 5.41) is 36.7. The van der Waals surface area contributed by atoms with Gasteiger partial charge in [-0.25, -0.2) is 19.2 Å². The third-order valence-corrected chi connectivity index (χ3v) is 4.54. The Labute approximate surface area is 184 Å². The summed E-state index contributed by atoms with van der Waals surface area (Å²) >= 11 is 0. The Morgan fingerprint density at radius 2 is 1.00 bits per heavy atom. The fraction of sp³-hybridized carbons (Fsp3) is 0. The van der Waals surface area contributed by atoms with E-state index in [-0.39, 0.29) is 39.3 Å².